The van der Waals surface area contributed by atoms with Gasteiger partial charge in [0.05, 0.1) is 16.8 Å². The third-order valence-corrected chi connectivity index (χ3v) is 6.73. The smallest absolute Gasteiger partial charge is 0.251 e. The molecule has 0 fully saturated rings. The van der Waals surface area contributed by atoms with Crippen LogP contribution in [0.4, 0.5) is 11.8 Å². The number of benzene rings is 1. The number of hydrogen-bond donors (Lipinski definition) is 4. The minimum Gasteiger partial charge on any atom is -0.369 e. The van der Waals surface area contributed by atoms with Crippen LogP contribution in [0.5, 0.6) is 0 Å². The van der Waals surface area contributed by atoms with Crippen LogP contribution in [0.2, 0.25) is 0 Å². The molecule has 0 spiro atoms. The minimum absolute atomic E-state index is 0.0792. The molecule has 0 unspecified atom stereocenters. The van der Waals surface area contributed by atoms with Crippen LogP contribution < -0.4 is 21.3 Å². The monoisotopic (exact) mass is 527 g/mol. The number of hydrogen-bond acceptors (Lipinski definition) is 9. The van der Waals surface area contributed by atoms with Crippen LogP contribution in [0.3, 0.4) is 0 Å². The molecule has 4 aromatic rings. The van der Waals surface area contributed by atoms with Crippen LogP contribution in [-0.4, -0.2) is 63.4 Å². The molecule has 0 radical (unpaired) electrons. The van der Waals surface area contributed by atoms with Gasteiger partial charge in [-0.1, -0.05) is 32.0 Å². The van der Waals surface area contributed by atoms with Crippen molar-refractivity contribution in [2.75, 3.05) is 37.3 Å². The summed E-state index contributed by atoms with van der Waals surface area (Å²) in [5.74, 6) is 0.932. The van der Waals surface area contributed by atoms with Gasteiger partial charge >= 0.3 is 0 Å². The molecule has 0 aliphatic heterocycles. The number of nitrogens with zero attached hydrogens (tertiary/aromatic N) is 5. The van der Waals surface area contributed by atoms with Crippen molar-refractivity contribution in [2.45, 2.75) is 32.6 Å². The van der Waals surface area contributed by atoms with E-state index < -0.39 is 0 Å². The van der Waals surface area contributed by atoms with E-state index in [1.165, 1.54) is 13.3 Å². The molecule has 0 saturated heterocycles. The Kier molecular flexibility index (Phi) is 8.60. The Morgan fingerprint density at radius 1 is 0.974 bits per heavy atom. The number of nitrogens with one attached hydrogen (secondary N) is 4. The van der Waals surface area contributed by atoms with E-state index in [0.29, 0.717) is 42.7 Å². The van der Waals surface area contributed by atoms with E-state index in [9.17, 15) is 9.59 Å². The largest absolute Gasteiger partial charge is 0.369 e. The second-order valence-corrected chi connectivity index (χ2v) is 9.40. The standard InChI is InChI=1S/C28H33N9O2/c1-5-28(3,22-8-6-7-20-21(26(39)29-4)9-10-31-25(20)22)16-35-24-13-23(36-17-37-24)19-14-33-27(34-15-19)32-12-11-30-18(2)38/h6-10,13-15,17H,5,11-12,16H2,1-4H3,(H,29,39)(H,30,38)(H,32,33,34)(H,35,36,37)/t28-/m0/s1. The van der Waals surface area contributed by atoms with Gasteiger partial charge in [-0.05, 0) is 18.1 Å². The molecule has 3 heterocycles. The molecule has 0 aliphatic carbocycles. The van der Waals surface area contributed by atoms with Crippen LogP contribution in [0.25, 0.3) is 22.2 Å². The summed E-state index contributed by atoms with van der Waals surface area (Å²) in [5, 5.41) is 12.8. The maximum absolute atomic E-state index is 12.4. The number of amides is 2. The van der Waals surface area contributed by atoms with Crippen molar-refractivity contribution in [3.63, 3.8) is 0 Å². The highest BCUT2D eigenvalue weighted by atomic mass is 16.2. The van der Waals surface area contributed by atoms with Gasteiger partial charge in [0.15, 0.2) is 0 Å². The van der Waals surface area contributed by atoms with E-state index in [1.54, 1.807) is 31.7 Å². The van der Waals surface area contributed by atoms with Crippen molar-refractivity contribution in [3.8, 4) is 11.3 Å². The molecule has 202 valence electrons. The Hall–Kier alpha value is -4.67. The maximum atomic E-state index is 12.4. The zero-order valence-corrected chi connectivity index (χ0v) is 22.6. The molecule has 3 aromatic heterocycles. The molecule has 1 aromatic carbocycles. The zero-order chi connectivity index (χ0) is 27.8. The Labute approximate surface area is 227 Å². The van der Waals surface area contributed by atoms with E-state index >= 15 is 0 Å². The van der Waals surface area contributed by atoms with Gasteiger partial charge in [0.1, 0.15) is 12.1 Å². The van der Waals surface area contributed by atoms with Crippen LogP contribution in [0.1, 0.15) is 43.1 Å². The zero-order valence-electron chi connectivity index (χ0n) is 22.6. The average Bonchev–Trinajstić information content (AvgIpc) is 2.97. The third kappa shape index (κ3) is 6.43. The summed E-state index contributed by atoms with van der Waals surface area (Å²) in [4.78, 5) is 45.5. The van der Waals surface area contributed by atoms with Crippen molar-refractivity contribution >= 4 is 34.5 Å². The average molecular weight is 528 g/mol. The molecule has 0 aliphatic rings. The second kappa shape index (κ2) is 12.2. The number of pyridine rings is 1. The summed E-state index contributed by atoms with van der Waals surface area (Å²) in [5.41, 5.74) is 3.64. The van der Waals surface area contributed by atoms with Gasteiger partial charge in [-0.15, -0.1) is 0 Å². The highest BCUT2D eigenvalue weighted by Crippen LogP contribution is 2.34. The summed E-state index contributed by atoms with van der Waals surface area (Å²) < 4.78 is 0. The summed E-state index contributed by atoms with van der Waals surface area (Å²) in [7, 11) is 1.63. The molecule has 11 heteroatoms. The summed E-state index contributed by atoms with van der Waals surface area (Å²) >= 11 is 0. The van der Waals surface area contributed by atoms with E-state index in [4.69, 9.17) is 0 Å². The number of carbonyl (C=O) groups is 2. The molecular formula is C28H33N9O2. The molecule has 39 heavy (non-hydrogen) atoms. The fourth-order valence-corrected chi connectivity index (χ4v) is 4.27. The first-order valence-electron chi connectivity index (χ1n) is 12.8. The predicted octanol–water partition coefficient (Wildman–Crippen LogP) is 3.17. The highest BCUT2D eigenvalue weighted by Gasteiger charge is 2.28. The van der Waals surface area contributed by atoms with Crippen molar-refractivity contribution < 1.29 is 9.59 Å². The molecule has 2 amide bonds. The Bertz CT molecular complexity index is 1460. The van der Waals surface area contributed by atoms with Gasteiger partial charge in [-0.3, -0.25) is 14.6 Å². The molecule has 0 bridgehead atoms. The van der Waals surface area contributed by atoms with Crippen molar-refractivity contribution in [2.24, 2.45) is 0 Å². The number of anilines is 2. The van der Waals surface area contributed by atoms with Crippen LogP contribution >= 0.6 is 0 Å². The van der Waals surface area contributed by atoms with Crippen LogP contribution in [-0.2, 0) is 10.2 Å². The molecule has 4 rings (SSSR count). The number of carbonyl (C=O) groups excluding carboxylic acids is 2. The van der Waals surface area contributed by atoms with Crippen molar-refractivity contribution in [1.82, 2.24) is 35.6 Å². The lowest BCUT2D eigenvalue weighted by Gasteiger charge is -2.30. The molecular weight excluding hydrogens is 494 g/mol. The first-order chi connectivity index (χ1) is 18.8. The van der Waals surface area contributed by atoms with E-state index in [0.717, 1.165) is 28.5 Å². The van der Waals surface area contributed by atoms with Gasteiger partial charge < -0.3 is 21.3 Å². The minimum atomic E-state index is -0.285. The van der Waals surface area contributed by atoms with Gasteiger partial charge in [-0.25, -0.2) is 19.9 Å². The Morgan fingerprint density at radius 2 is 1.77 bits per heavy atom. The fraction of sp³-hybridized carbons (Fsp3) is 0.321. The summed E-state index contributed by atoms with van der Waals surface area (Å²) in [6.45, 7) is 7.40. The number of fused-ring (bicyclic) bond motifs is 1. The third-order valence-electron chi connectivity index (χ3n) is 6.73. The topological polar surface area (TPSA) is 147 Å². The lowest BCUT2D eigenvalue weighted by Crippen LogP contribution is -2.31. The van der Waals surface area contributed by atoms with Crippen LogP contribution in [0.15, 0.2) is 55.2 Å². The predicted molar refractivity (Wildman–Crippen MR) is 151 cm³/mol. The first kappa shape index (κ1) is 27.4. The van der Waals surface area contributed by atoms with E-state index in [-0.39, 0.29) is 17.2 Å². The highest BCUT2D eigenvalue weighted by molar-refractivity contribution is 6.06. The quantitative estimate of drug-likeness (QED) is 0.216. The second-order valence-electron chi connectivity index (χ2n) is 9.40. The molecule has 4 N–H and O–H groups in total. The van der Waals surface area contributed by atoms with E-state index in [1.807, 2.05) is 18.2 Å². The lowest BCUT2D eigenvalue weighted by molar-refractivity contribution is -0.118. The fourth-order valence-electron chi connectivity index (χ4n) is 4.27. The van der Waals surface area contributed by atoms with Gasteiger partial charge in [0.25, 0.3) is 5.91 Å². The van der Waals surface area contributed by atoms with Gasteiger partial charge in [-0.2, -0.15) is 0 Å². The lowest BCUT2D eigenvalue weighted by atomic mass is 9.78. The SMILES string of the molecule is CC[C@@](C)(CNc1cc(-c2cnc(NCCNC(C)=O)nc2)ncn1)c1cccc2c(C(=O)NC)ccnc12. The number of aromatic nitrogens is 5. The van der Waals surface area contributed by atoms with Crippen molar-refractivity contribution in [1.29, 1.82) is 0 Å². The Balaban J connectivity index is 1.50. The maximum Gasteiger partial charge on any atom is 0.251 e. The van der Waals surface area contributed by atoms with E-state index in [2.05, 4.69) is 66.1 Å². The van der Waals surface area contributed by atoms with Crippen LogP contribution in [0, 0.1) is 0 Å². The summed E-state index contributed by atoms with van der Waals surface area (Å²) in [6, 6.07) is 9.59. The van der Waals surface area contributed by atoms with Gasteiger partial charge in [0.2, 0.25) is 11.9 Å². The summed E-state index contributed by atoms with van der Waals surface area (Å²) in [6.07, 6.45) is 7.43. The molecule has 11 nitrogen and oxygen atoms in total. The number of rotatable bonds is 11. The normalized spacial score (nSPS) is 12.4. The molecule has 0 saturated carbocycles. The molecule has 1 atom stereocenters. The van der Waals surface area contributed by atoms with Gasteiger partial charge in [0, 0.05) is 74.6 Å². The first-order valence-corrected chi connectivity index (χ1v) is 12.8. The Morgan fingerprint density at radius 3 is 2.49 bits per heavy atom. The van der Waals surface area contributed by atoms with Crippen molar-refractivity contribution in [3.05, 3.63) is 66.4 Å². The number of para-hydroxylation sites is 1.